The van der Waals surface area contributed by atoms with Crippen molar-refractivity contribution in [2.75, 3.05) is 7.05 Å². The minimum absolute atomic E-state index is 0.00990. The average Bonchev–Trinajstić information content (AvgIpc) is 3.26. The van der Waals surface area contributed by atoms with Crippen LogP contribution in [0, 0.1) is 0 Å². The van der Waals surface area contributed by atoms with Crippen LogP contribution in [-0.4, -0.2) is 40.4 Å². The molecule has 4 rings (SSSR count). The van der Waals surface area contributed by atoms with Crippen molar-refractivity contribution in [3.63, 3.8) is 0 Å². The van der Waals surface area contributed by atoms with Gasteiger partial charge in [-0.3, -0.25) is 9.59 Å². The van der Waals surface area contributed by atoms with Crippen LogP contribution in [0.25, 0.3) is 10.9 Å². The van der Waals surface area contributed by atoms with Crippen molar-refractivity contribution in [1.29, 1.82) is 0 Å². The highest BCUT2D eigenvalue weighted by molar-refractivity contribution is 5.96. The summed E-state index contributed by atoms with van der Waals surface area (Å²) in [7, 11) is 3.16. The van der Waals surface area contributed by atoms with Gasteiger partial charge in [0.25, 0.3) is 5.91 Å². The summed E-state index contributed by atoms with van der Waals surface area (Å²) < 4.78 is 82.9. The third kappa shape index (κ3) is 7.17. The lowest BCUT2D eigenvalue weighted by molar-refractivity contribution is -0.143. The average molecular weight is 594 g/mol. The van der Waals surface area contributed by atoms with Crippen LogP contribution in [0.3, 0.4) is 0 Å². The first kappa shape index (κ1) is 31.2. The molecule has 0 aliphatic heterocycles. The Balaban J connectivity index is 1.72. The van der Waals surface area contributed by atoms with Crippen molar-refractivity contribution < 1.29 is 35.9 Å². The van der Waals surface area contributed by atoms with Crippen LogP contribution >= 0.6 is 0 Å². The molecule has 0 unspecified atom stereocenters. The van der Waals surface area contributed by atoms with E-state index in [1.165, 1.54) is 7.05 Å². The standard InChI is InChI=1S/C31H33F6N3O2/c1-19(28(41)38-24-9-5-4-6-10-24)13-25(16-21-18-39(2)27-12-8-7-11-26(21)27)40(3)29(42)20-14-22(30(32,33)34)17-23(15-20)31(35,36)37/h7-8,11-15,17-18,24-25H,4-6,9-10,16H2,1-3H3,(H,38,41)/t25-/m0/s1. The number of carbonyl (C=O) groups excluding carboxylic acids is 2. The molecule has 226 valence electrons. The molecule has 1 aromatic heterocycles. The van der Waals surface area contributed by atoms with Gasteiger partial charge in [-0.2, -0.15) is 26.3 Å². The van der Waals surface area contributed by atoms with Gasteiger partial charge in [0.2, 0.25) is 5.91 Å². The number of amides is 2. The van der Waals surface area contributed by atoms with Gasteiger partial charge in [0.1, 0.15) is 0 Å². The topological polar surface area (TPSA) is 54.3 Å². The smallest absolute Gasteiger partial charge is 0.350 e. The van der Waals surface area contributed by atoms with Gasteiger partial charge in [0.05, 0.1) is 17.2 Å². The normalized spacial score (nSPS) is 16.0. The summed E-state index contributed by atoms with van der Waals surface area (Å²) in [6.07, 6.45) is -1.78. The summed E-state index contributed by atoms with van der Waals surface area (Å²) in [5.41, 5.74) is -1.89. The summed E-state index contributed by atoms with van der Waals surface area (Å²) in [4.78, 5) is 27.7. The summed E-state index contributed by atoms with van der Waals surface area (Å²) >= 11 is 0. The largest absolute Gasteiger partial charge is 0.416 e. The van der Waals surface area contributed by atoms with Gasteiger partial charge in [0.15, 0.2) is 0 Å². The number of para-hydroxylation sites is 1. The van der Waals surface area contributed by atoms with Gasteiger partial charge in [-0.1, -0.05) is 43.5 Å². The van der Waals surface area contributed by atoms with E-state index in [9.17, 15) is 35.9 Å². The second-order valence-corrected chi connectivity index (χ2v) is 10.9. The van der Waals surface area contributed by atoms with E-state index in [1.54, 1.807) is 13.0 Å². The van der Waals surface area contributed by atoms with Crippen LogP contribution in [0.2, 0.25) is 0 Å². The summed E-state index contributed by atoms with van der Waals surface area (Å²) in [5.74, 6) is -1.36. The summed E-state index contributed by atoms with van der Waals surface area (Å²) in [6.45, 7) is 1.58. The van der Waals surface area contributed by atoms with E-state index in [0.29, 0.717) is 17.7 Å². The first-order valence-electron chi connectivity index (χ1n) is 13.7. The van der Waals surface area contributed by atoms with Gasteiger partial charge in [0, 0.05) is 48.4 Å². The predicted molar refractivity (Wildman–Crippen MR) is 148 cm³/mol. The fourth-order valence-corrected chi connectivity index (χ4v) is 5.46. The number of carbonyl (C=O) groups is 2. The fraction of sp³-hybridized carbons (Fsp3) is 0.419. The molecule has 1 saturated carbocycles. The first-order chi connectivity index (χ1) is 19.6. The molecule has 1 N–H and O–H groups in total. The van der Waals surface area contributed by atoms with Crippen molar-refractivity contribution in [2.45, 2.75) is 69.9 Å². The van der Waals surface area contributed by atoms with E-state index in [4.69, 9.17) is 0 Å². The van der Waals surface area contributed by atoms with Crippen LogP contribution in [-0.2, 0) is 30.6 Å². The number of likely N-dealkylation sites (N-methyl/N-ethyl adjacent to an activating group) is 1. The zero-order valence-corrected chi connectivity index (χ0v) is 23.6. The SMILES string of the molecule is CC(=C[C@@H](Cc1cn(C)c2ccccc12)N(C)C(=O)c1cc(C(F)(F)F)cc(C(F)(F)F)c1)C(=O)NC1CCCCC1. The van der Waals surface area contributed by atoms with E-state index < -0.39 is 41.0 Å². The number of hydrogen-bond acceptors (Lipinski definition) is 2. The van der Waals surface area contributed by atoms with Crippen molar-refractivity contribution in [3.8, 4) is 0 Å². The Morgan fingerprint density at radius 3 is 2.19 bits per heavy atom. The maximum Gasteiger partial charge on any atom is 0.416 e. The predicted octanol–water partition coefficient (Wildman–Crippen LogP) is 7.29. The zero-order chi connectivity index (χ0) is 30.8. The molecule has 0 saturated heterocycles. The quantitative estimate of drug-likeness (QED) is 0.231. The number of nitrogens with zero attached hydrogens (tertiary/aromatic N) is 2. The molecule has 0 radical (unpaired) electrons. The maximum atomic E-state index is 13.5. The van der Waals surface area contributed by atoms with Gasteiger partial charge < -0.3 is 14.8 Å². The molecule has 5 nitrogen and oxygen atoms in total. The number of aromatic nitrogens is 1. The Bertz CT molecular complexity index is 1450. The number of nitrogens with one attached hydrogen (secondary N) is 1. The highest BCUT2D eigenvalue weighted by atomic mass is 19.4. The Labute approximate surface area is 240 Å². The number of aryl methyl sites for hydroxylation is 1. The molecular formula is C31H33F6N3O2. The van der Waals surface area contributed by atoms with Crippen LogP contribution in [0.1, 0.15) is 66.1 Å². The number of alkyl halides is 6. The zero-order valence-electron chi connectivity index (χ0n) is 23.6. The fourth-order valence-electron chi connectivity index (χ4n) is 5.46. The van der Waals surface area contributed by atoms with Gasteiger partial charge in [-0.05, 0) is 56.0 Å². The molecule has 2 amide bonds. The third-order valence-corrected chi connectivity index (χ3v) is 7.80. The van der Waals surface area contributed by atoms with Gasteiger partial charge in [-0.25, -0.2) is 0 Å². The number of benzene rings is 2. The number of hydrogen-bond donors (Lipinski definition) is 1. The summed E-state index contributed by atoms with van der Waals surface area (Å²) in [5, 5.41) is 3.88. The Morgan fingerprint density at radius 1 is 1.00 bits per heavy atom. The lowest BCUT2D eigenvalue weighted by atomic mass is 9.95. The van der Waals surface area contributed by atoms with Crippen molar-refractivity contribution in [2.24, 2.45) is 7.05 Å². The van der Waals surface area contributed by atoms with E-state index in [0.717, 1.165) is 53.5 Å². The molecule has 0 bridgehead atoms. The molecule has 42 heavy (non-hydrogen) atoms. The molecule has 0 spiro atoms. The number of rotatable bonds is 7. The van der Waals surface area contributed by atoms with E-state index in [1.807, 2.05) is 42.1 Å². The van der Waals surface area contributed by atoms with Gasteiger partial charge in [-0.15, -0.1) is 0 Å². The first-order valence-corrected chi connectivity index (χ1v) is 13.7. The molecule has 2 aromatic carbocycles. The molecule has 11 heteroatoms. The van der Waals surface area contributed by atoms with E-state index in [2.05, 4.69) is 5.32 Å². The van der Waals surface area contributed by atoms with Crippen LogP contribution in [0.4, 0.5) is 26.3 Å². The molecule has 1 aliphatic carbocycles. The lowest BCUT2D eigenvalue weighted by Gasteiger charge is -2.28. The maximum absolute atomic E-state index is 13.5. The van der Waals surface area contributed by atoms with Crippen molar-refractivity contribution in [1.82, 2.24) is 14.8 Å². The minimum atomic E-state index is -5.09. The second kappa shape index (κ2) is 12.2. The molecular weight excluding hydrogens is 560 g/mol. The van der Waals surface area contributed by atoms with Crippen LogP contribution in [0.5, 0.6) is 0 Å². The van der Waals surface area contributed by atoms with Crippen molar-refractivity contribution >= 4 is 22.7 Å². The van der Waals surface area contributed by atoms with E-state index >= 15 is 0 Å². The molecule has 1 aliphatic rings. The number of fused-ring (bicyclic) bond motifs is 1. The minimum Gasteiger partial charge on any atom is -0.350 e. The number of halogens is 6. The van der Waals surface area contributed by atoms with Crippen LogP contribution < -0.4 is 5.32 Å². The van der Waals surface area contributed by atoms with E-state index in [-0.39, 0.29) is 24.4 Å². The Hall–Kier alpha value is -3.76. The second-order valence-electron chi connectivity index (χ2n) is 10.9. The highest BCUT2D eigenvalue weighted by Crippen LogP contribution is 2.37. The molecule has 1 atom stereocenters. The monoisotopic (exact) mass is 593 g/mol. The van der Waals surface area contributed by atoms with Gasteiger partial charge >= 0.3 is 12.4 Å². The summed E-state index contributed by atoms with van der Waals surface area (Å²) in [6, 6.07) is 7.51. The molecule has 1 fully saturated rings. The molecule has 3 aromatic rings. The van der Waals surface area contributed by atoms with Crippen LogP contribution in [0.15, 0.2) is 60.3 Å². The Morgan fingerprint density at radius 2 is 1.60 bits per heavy atom. The lowest BCUT2D eigenvalue weighted by Crippen LogP contribution is -2.40. The van der Waals surface area contributed by atoms with Crippen molar-refractivity contribution in [3.05, 3.63) is 82.6 Å². The Kier molecular flexibility index (Phi) is 9.08. The molecule has 1 heterocycles. The third-order valence-electron chi connectivity index (χ3n) is 7.80. The highest BCUT2D eigenvalue weighted by Gasteiger charge is 2.38.